The molecule has 0 aromatic heterocycles. The Balaban J connectivity index is 5.51. The van der Waals surface area contributed by atoms with Gasteiger partial charge in [0.05, 0.1) is 6.04 Å². The number of carboxylic acids is 2. The van der Waals surface area contributed by atoms with Gasteiger partial charge in [-0.05, 0) is 50.2 Å². The number of nitrogens with one attached hydrogen (secondary N) is 3. The molecule has 13 heteroatoms. The van der Waals surface area contributed by atoms with Crippen molar-refractivity contribution in [2.24, 2.45) is 17.4 Å². The molecule has 0 aliphatic rings. The summed E-state index contributed by atoms with van der Waals surface area (Å²) in [6.07, 6.45) is 3.58. The lowest BCUT2D eigenvalue weighted by Crippen LogP contribution is -2.58. The summed E-state index contributed by atoms with van der Waals surface area (Å²) >= 11 is 1.41. The highest BCUT2D eigenvalue weighted by molar-refractivity contribution is 7.98. The first-order valence-electron chi connectivity index (χ1n) is 11.8. The molecule has 0 aliphatic heterocycles. The number of rotatable bonds is 19. The molecule has 0 rings (SSSR count). The molecule has 0 saturated carbocycles. The maximum atomic E-state index is 13.1. The van der Waals surface area contributed by atoms with Crippen molar-refractivity contribution in [3.8, 4) is 0 Å². The van der Waals surface area contributed by atoms with Gasteiger partial charge in [0.2, 0.25) is 17.7 Å². The predicted molar refractivity (Wildman–Crippen MR) is 134 cm³/mol. The lowest BCUT2D eigenvalue weighted by molar-refractivity contribution is -0.143. The number of hydrogen-bond donors (Lipinski definition) is 7. The highest BCUT2D eigenvalue weighted by Gasteiger charge is 2.32. The lowest BCUT2D eigenvalue weighted by Gasteiger charge is -2.28. The van der Waals surface area contributed by atoms with Crippen LogP contribution in [0.5, 0.6) is 0 Å². The Morgan fingerprint density at radius 3 is 2.03 bits per heavy atom. The van der Waals surface area contributed by atoms with Crippen LogP contribution in [0.1, 0.15) is 58.8 Å². The molecule has 202 valence electrons. The summed E-state index contributed by atoms with van der Waals surface area (Å²) in [4.78, 5) is 61.0. The van der Waals surface area contributed by atoms with Crippen LogP contribution in [0.25, 0.3) is 0 Å². The molecule has 3 amide bonds. The molecule has 0 aliphatic carbocycles. The van der Waals surface area contributed by atoms with Crippen molar-refractivity contribution in [1.29, 1.82) is 0 Å². The summed E-state index contributed by atoms with van der Waals surface area (Å²) < 4.78 is 0. The van der Waals surface area contributed by atoms with Crippen molar-refractivity contribution in [2.75, 3.05) is 18.6 Å². The summed E-state index contributed by atoms with van der Waals surface area (Å²) in [7, 11) is 0. The van der Waals surface area contributed by atoms with Gasteiger partial charge in [0.1, 0.15) is 18.1 Å². The van der Waals surface area contributed by atoms with Crippen LogP contribution in [0.3, 0.4) is 0 Å². The molecular formula is C22H41N5O7S. The fraction of sp³-hybridized carbons (Fsp3) is 0.773. The van der Waals surface area contributed by atoms with E-state index in [1.807, 2.05) is 6.92 Å². The first-order valence-corrected chi connectivity index (χ1v) is 13.2. The van der Waals surface area contributed by atoms with Gasteiger partial charge in [-0.25, -0.2) is 4.79 Å². The molecule has 0 bridgehead atoms. The van der Waals surface area contributed by atoms with Crippen LogP contribution in [0.15, 0.2) is 0 Å². The maximum Gasteiger partial charge on any atom is 0.326 e. The van der Waals surface area contributed by atoms with E-state index >= 15 is 0 Å². The summed E-state index contributed by atoms with van der Waals surface area (Å²) in [5.41, 5.74) is 11.4. The molecule has 35 heavy (non-hydrogen) atoms. The van der Waals surface area contributed by atoms with E-state index in [9.17, 15) is 29.1 Å². The Labute approximate surface area is 210 Å². The van der Waals surface area contributed by atoms with Gasteiger partial charge >= 0.3 is 11.9 Å². The second kappa shape index (κ2) is 18.0. The van der Waals surface area contributed by atoms with Gasteiger partial charge < -0.3 is 37.6 Å². The zero-order chi connectivity index (χ0) is 27.0. The van der Waals surface area contributed by atoms with Gasteiger partial charge in [-0.15, -0.1) is 0 Å². The first-order chi connectivity index (χ1) is 16.5. The average Bonchev–Trinajstić information content (AvgIpc) is 2.81. The van der Waals surface area contributed by atoms with Crippen molar-refractivity contribution in [3.05, 3.63) is 0 Å². The molecule has 0 aromatic carbocycles. The second-order valence-corrected chi connectivity index (χ2v) is 9.42. The zero-order valence-electron chi connectivity index (χ0n) is 20.7. The van der Waals surface area contributed by atoms with Crippen molar-refractivity contribution in [3.63, 3.8) is 0 Å². The molecule has 5 unspecified atom stereocenters. The van der Waals surface area contributed by atoms with Crippen molar-refractivity contribution >= 4 is 41.4 Å². The number of nitrogens with two attached hydrogens (primary N) is 2. The molecule has 0 fully saturated rings. The SMILES string of the molecule is CCC(C)C(NC(=O)C(N)CCCCN)C(=O)NC(CCC(=O)O)C(=O)NC(CCSC)C(=O)O. The van der Waals surface area contributed by atoms with E-state index in [-0.39, 0.29) is 18.8 Å². The highest BCUT2D eigenvalue weighted by Crippen LogP contribution is 2.11. The van der Waals surface area contributed by atoms with E-state index in [0.717, 1.165) is 0 Å². The van der Waals surface area contributed by atoms with Gasteiger partial charge in [0, 0.05) is 6.42 Å². The number of thioether (sulfide) groups is 1. The Hall–Kier alpha value is -2.38. The molecule has 0 spiro atoms. The summed E-state index contributed by atoms with van der Waals surface area (Å²) in [6.45, 7) is 4.06. The van der Waals surface area contributed by atoms with E-state index in [1.54, 1.807) is 13.2 Å². The Kier molecular flexibility index (Phi) is 16.7. The third-order valence-corrected chi connectivity index (χ3v) is 6.25. The molecular weight excluding hydrogens is 478 g/mol. The number of carboxylic acid groups (broad SMARTS) is 2. The lowest BCUT2D eigenvalue weighted by atomic mass is 9.96. The third-order valence-electron chi connectivity index (χ3n) is 5.60. The van der Waals surface area contributed by atoms with Crippen LogP contribution in [0, 0.1) is 5.92 Å². The fourth-order valence-corrected chi connectivity index (χ4v) is 3.64. The smallest absolute Gasteiger partial charge is 0.326 e. The van der Waals surface area contributed by atoms with Gasteiger partial charge in [0.15, 0.2) is 0 Å². The van der Waals surface area contributed by atoms with Crippen LogP contribution in [-0.2, 0) is 24.0 Å². The number of aliphatic carboxylic acids is 2. The molecule has 9 N–H and O–H groups in total. The topological polar surface area (TPSA) is 214 Å². The Morgan fingerprint density at radius 1 is 0.886 bits per heavy atom. The number of hydrogen-bond acceptors (Lipinski definition) is 8. The van der Waals surface area contributed by atoms with Crippen molar-refractivity contribution in [2.45, 2.75) is 83.0 Å². The normalized spacial score (nSPS) is 15.2. The summed E-state index contributed by atoms with van der Waals surface area (Å²) in [5, 5.41) is 25.9. The van der Waals surface area contributed by atoms with E-state index < -0.39 is 60.2 Å². The van der Waals surface area contributed by atoms with Crippen molar-refractivity contribution < 1.29 is 34.2 Å². The van der Waals surface area contributed by atoms with E-state index in [4.69, 9.17) is 16.6 Å². The average molecular weight is 520 g/mol. The molecule has 0 saturated heterocycles. The Bertz CT molecular complexity index is 710. The molecule has 12 nitrogen and oxygen atoms in total. The number of carbonyl (C=O) groups is 5. The molecule has 5 atom stereocenters. The van der Waals surface area contributed by atoms with Crippen LogP contribution in [0.2, 0.25) is 0 Å². The highest BCUT2D eigenvalue weighted by atomic mass is 32.2. The van der Waals surface area contributed by atoms with Gasteiger partial charge in [-0.1, -0.05) is 26.7 Å². The minimum absolute atomic E-state index is 0.162. The zero-order valence-corrected chi connectivity index (χ0v) is 21.6. The minimum atomic E-state index is -1.29. The van der Waals surface area contributed by atoms with Crippen LogP contribution >= 0.6 is 11.8 Å². The van der Waals surface area contributed by atoms with Crippen LogP contribution in [0.4, 0.5) is 0 Å². The van der Waals surface area contributed by atoms with Crippen LogP contribution < -0.4 is 27.4 Å². The number of unbranched alkanes of at least 4 members (excludes halogenated alkanes) is 1. The third kappa shape index (κ3) is 13.3. The van der Waals surface area contributed by atoms with E-state index in [0.29, 0.717) is 38.0 Å². The largest absolute Gasteiger partial charge is 0.481 e. The second-order valence-electron chi connectivity index (χ2n) is 8.44. The maximum absolute atomic E-state index is 13.1. The predicted octanol–water partition coefficient (Wildman–Crippen LogP) is -0.354. The monoisotopic (exact) mass is 519 g/mol. The van der Waals surface area contributed by atoms with E-state index in [2.05, 4.69) is 16.0 Å². The fourth-order valence-electron chi connectivity index (χ4n) is 3.17. The number of carbonyl (C=O) groups excluding carboxylic acids is 3. The van der Waals surface area contributed by atoms with Crippen molar-refractivity contribution in [1.82, 2.24) is 16.0 Å². The molecule has 0 heterocycles. The van der Waals surface area contributed by atoms with Gasteiger partial charge in [-0.2, -0.15) is 11.8 Å². The molecule has 0 aromatic rings. The number of amides is 3. The summed E-state index contributed by atoms with van der Waals surface area (Å²) in [5.74, 6) is -4.24. The minimum Gasteiger partial charge on any atom is -0.481 e. The molecule has 0 radical (unpaired) electrons. The first kappa shape index (κ1) is 32.6. The summed E-state index contributed by atoms with van der Waals surface area (Å²) in [6, 6.07) is -4.33. The van der Waals surface area contributed by atoms with Crippen LogP contribution in [-0.4, -0.2) is 82.6 Å². The standard InChI is InChI=1S/C22H41N5O7S/c1-4-13(2)18(27-19(30)14(24)7-5-6-11-23)21(32)25-15(8-9-17(28)29)20(31)26-16(22(33)34)10-12-35-3/h13-16,18H,4-12,23-24H2,1-3H3,(H,25,32)(H,26,31)(H,27,30)(H,28,29)(H,33,34). The Morgan fingerprint density at radius 2 is 1.51 bits per heavy atom. The quantitative estimate of drug-likeness (QED) is 0.110. The van der Waals surface area contributed by atoms with E-state index in [1.165, 1.54) is 11.8 Å². The van der Waals surface area contributed by atoms with Gasteiger partial charge in [-0.3, -0.25) is 19.2 Å². The van der Waals surface area contributed by atoms with Gasteiger partial charge in [0.25, 0.3) is 0 Å².